The van der Waals surface area contributed by atoms with E-state index in [1.54, 1.807) is 12.1 Å². The van der Waals surface area contributed by atoms with Gasteiger partial charge in [0, 0.05) is 15.9 Å². The van der Waals surface area contributed by atoms with Crippen molar-refractivity contribution in [3.8, 4) is 0 Å². The molecular formula is C7H4Br2ClF. The van der Waals surface area contributed by atoms with Crippen LogP contribution in [0.4, 0.5) is 4.39 Å². The number of halogens is 4. The fraction of sp³-hybridized carbons (Fsp3) is 0.143. The van der Waals surface area contributed by atoms with Crippen molar-refractivity contribution in [1.29, 1.82) is 0 Å². The lowest BCUT2D eigenvalue weighted by Crippen LogP contribution is -1.88. The molecular weight excluding hydrogens is 298 g/mol. The summed E-state index contributed by atoms with van der Waals surface area (Å²) in [4.78, 5) is 0. The first kappa shape index (κ1) is 9.49. The fourth-order valence-electron chi connectivity index (χ4n) is 0.692. The third-order valence-corrected chi connectivity index (χ3v) is 2.80. The van der Waals surface area contributed by atoms with Gasteiger partial charge in [0.15, 0.2) is 0 Å². The molecule has 0 saturated heterocycles. The quantitative estimate of drug-likeness (QED) is 0.540. The van der Waals surface area contributed by atoms with Crippen LogP contribution in [0.1, 0.15) is 5.56 Å². The molecule has 0 amide bonds. The Morgan fingerprint density at radius 1 is 1.45 bits per heavy atom. The molecule has 0 aliphatic rings. The second-order valence-corrected chi connectivity index (χ2v) is 3.78. The van der Waals surface area contributed by atoms with Gasteiger partial charge in [0.1, 0.15) is 5.82 Å². The van der Waals surface area contributed by atoms with Gasteiger partial charge in [-0.15, -0.1) is 0 Å². The molecule has 0 spiro atoms. The Labute approximate surface area is 86.0 Å². The Kier molecular flexibility index (Phi) is 3.34. The maximum absolute atomic E-state index is 13.1. The zero-order valence-corrected chi connectivity index (χ0v) is 9.30. The van der Waals surface area contributed by atoms with Gasteiger partial charge < -0.3 is 0 Å². The maximum atomic E-state index is 13.1. The third kappa shape index (κ3) is 1.95. The molecule has 1 aromatic rings. The molecule has 0 aliphatic carbocycles. The summed E-state index contributed by atoms with van der Waals surface area (Å²) in [5.41, 5.74) is 0.487. The topological polar surface area (TPSA) is 0 Å². The standard InChI is InChI=1S/C7H4Br2ClF/c8-3-4-6(10)2-1-5(9)7(4)11/h1-2H,3H2. The zero-order chi connectivity index (χ0) is 8.43. The number of benzene rings is 1. The predicted molar refractivity (Wildman–Crippen MR) is 51.7 cm³/mol. The fourth-order valence-corrected chi connectivity index (χ4v) is 1.99. The highest BCUT2D eigenvalue weighted by Gasteiger charge is 2.08. The van der Waals surface area contributed by atoms with E-state index in [1.807, 2.05) is 0 Å². The van der Waals surface area contributed by atoms with Gasteiger partial charge in [0.25, 0.3) is 0 Å². The van der Waals surface area contributed by atoms with Crippen LogP contribution in [0.5, 0.6) is 0 Å². The van der Waals surface area contributed by atoms with Crippen LogP contribution < -0.4 is 0 Å². The molecule has 0 bridgehead atoms. The van der Waals surface area contributed by atoms with E-state index in [0.717, 1.165) is 0 Å². The van der Waals surface area contributed by atoms with Gasteiger partial charge in [0.2, 0.25) is 0 Å². The van der Waals surface area contributed by atoms with Crippen molar-refractivity contribution in [2.24, 2.45) is 0 Å². The lowest BCUT2D eigenvalue weighted by molar-refractivity contribution is 0.611. The van der Waals surface area contributed by atoms with Crippen molar-refractivity contribution in [2.75, 3.05) is 0 Å². The average Bonchev–Trinajstić information content (AvgIpc) is 1.99. The summed E-state index contributed by atoms with van der Waals surface area (Å²) >= 11 is 11.9. The molecule has 4 heteroatoms. The van der Waals surface area contributed by atoms with E-state index in [2.05, 4.69) is 31.9 Å². The molecule has 0 N–H and O–H groups in total. The van der Waals surface area contributed by atoms with Crippen LogP contribution in [0.15, 0.2) is 16.6 Å². The summed E-state index contributed by atoms with van der Waals surface area (Å²) in [6.45, 7) is 0. The highest BCUT2D eigenvalue weighted by Crippen LogP contribution is 2.27. The van der Waals surface area contributed by atoms with E-state index < -0.39 is 0 Å². The summed E-state index contributed by atoms with van der Waals surface area (Å²) in [7, 11) is 0. The van der Waals surface area contributed by atoms with Crippen molar-refractivity contribution in [3.05, 3.63) is 33.0 Å². The SMILES string of the molecule is Fc1c(Br)ccc(Cl)c1CBr. The molecule has 0 saturated carbocycles. The van der Waals surface area contributed by atoms with Gasteiger partial charge in [-0.2, -0.15) is 0 Å². The van der Waals surface area contributed by atoms with Gasteiger partial charge in [-0.3, -0.25) is 0 Å². The highest BCUT2D eigenvalue weighted by molar-refractivity contribution is 9.10. The van der Waals surface area contributed by atoms with E-state index in [9.17, 15) is 4.39 Å². The second kappa shape index (κ2) is 3.87. The minimum atomic E-state index is -0.297. The first-order valence-corrected chi connectivity index (χ1v) is 5.14. The Bertz CT molecular complexity index is 275. The lowest BCUT2D eigenvalue weighted by Gasteiger charge is -2.02. The Morgan fingerprint density at radius 3 is 2.55 bits per heavy atom. The first-order valence-electron chi connectivity index (χ1n) is 2.85. The average molecular weight is 302 g/mol. The van der Waals surface area contributed by atoms with Crippen molar-refractivity contribution in [3.63, 3.8) is 0 Å². The molecule has 0 radical (unpaired) electrons. The molecule has 0 unspecified atom stereocenters. The molecule has 0 atom stereocenters. The van der Waals surface area contributed by atoms with Crippen LogP contribution >= 0.6 is 43.5 Å². The van der Waals surface area contributed by atoms with E-state index >= 15 is 0 Å². The van der Waals surface area contributed by atoms with E-state index in [1.165, 1.54) is 0 Å². The highest BCUT2D eigenvalue weighted by atomic mass is 79.9. The molecule has 0 heterocycles. The number of hydrogen-bond acceptors (Lipinski definition) is 0. The minimum Gasteiger partial charge on any atom is -0.205 e. The summed E-state index contributed by atoms with van der Waals surface area (Å²) in [6, 6.07) is 3.25. The van der Waals surface area contributed by atoms with Crippen LogP contribution in [0, 0.1) is 5.82 Å². The van der Waals surface area contributed by atoms with E-state index in [-0.39, 0.29) is 5.82 Å². The van der Waals surface area contributed by atoms with Gasteiger partial charge in [-0.1, -0.05) is 27.5 Å². The Morgan fingerprint density at radius 2 is 2.09 bits per heavy atom. The lowest BCUT2D eigenvalue weighted by atomic mass is 10.2. The molecule has 0 aromatic heterocycles. The van der Waals surface area contributed by atoms with Crippen molar-refractivity contribution in [2.45, 2.75) is 5.33 Å². The summed E-state index contributed by atoms with van der Waals surface area (Å²) in [5.74, 6) is -0.297. The van der Waals surface area contributed by atoms with Gasteiger partial charge >= 0.3 is 0 Å². The normalized spacial score (nSPS) is 10.2. The first-order chi connectivity index (χ1) is 5.16. The third-order valence-electron chi connectivity index (χ3n) is 1.27. The molecule has 60 valence electrons. The summed E-state index contributed by atoms with van der Waals surface area (Å²) in [5, 5.41) is 0.875. The molecule has 1 aromatic carbocycles. The number of alkyl halides is 1. The van der Waals surface area contributed by atoms with Crippen LogP contribution in [-0.2, 0) is 5.33 Å². The summed E-state index contributed by atoms with van der Waals surface area (Å²) < 4.78 is 13.5. The van der Waals surface area contributed by atoms with Gasteiger partial charge in [-0.25, -0.2) is 4.39 Å². The second-order valence-electron chi connectivity index (χ2n) is 1.96. The molecule has 0 fully saturated rings. The number of hydrogen-bond donors (Lipinski definition) is 0. The van der Waals surface area contributed by atoms with Crippen LogP contribution in [-0.4, -0.2) is 0 Å². The molecule has 1 rings (SSSR count). The van der Waals surface area contributed by atoms with Gasteiger partial charge in [0.05, 0.1) is 4.47 Å². The maximum Gasteiger partial charge on any atom is 0.142 e. The van der Waals surface area contributed by atoms with Crippen molar-refractivity contribution >= 4 is 43.5 Å². The van der Waals surface area contributed by atoms with Crippen LogP contribution in [0.3, 0.4) is 0 Å². The van der Waals surface area contributed by atoms with Crippen LogP contribution in [0.25, 0.3) is 0 Å². The smallest absolute Gasteiger partial charge is 0.142 e. The van der Waals surface area contributed by atoms with E-state index in [4.69, 9.17) is 11.6 Å². The van der Waals surface area contributed by atoms with Crippen molar-refractivity contribution in [1.82, 2.24) is 0 Å². The monoisotopic (exact) mass is 300 g/mol. The Hall–Kier alpha value is 0.400. The largest absolute Gasteiger partial charge is 0.205 e. The molecule has 0 aliphatic heterocycles. The van der Waals surface area contributed by atoms with Gasteiger partial charge in [-0.05, 0) is 28.1 Å². The van der Waals surface area contributed by atoms with E-state index in [0.29, 0.717) is 20.4 Å². The molecule has 0 nitrogen and oxygen atoms in total. The van der Waals surface area contributed by atoms with Crippen molar-refractivity contribution < 1.29 is 4.39 Å². The predicted octanol–water partition coefficient (Wildman–Crippen LogP) is 4.14. The minimum absolute atomic E-state index is 0.297. The summed E-state index contributed by atoms with van der Waals surface area (Å²) in [6.07, 6.45) is 0. The zero-order valence-electron chi connectivity index (χ0n) is 5.37. The van der Waals surface area contributed by atoms with Crippen LogP contribution in [0.2, 0.25) is 5.02 Å². The molecule has 11 heavy (non-hydrogen) atoms. The number of rotatable bonds is 1. The Balaban J connectivity index is 3.29.